The Labute approximate surface area is 122 Å². The van der Waals surface area contributed by atoms with E-state index in [1.54, 1.807) is 18.9 Å². The fraction of sp³-hybridized carbons (Fsp3) is 0.188. The molecule has 0 heterocycles. The van der Waals surface area contributed by atoms with E-state index in [2.05, 4.69) is 0 Å². The number of ether oxygens (including phenoxy) is 2. The van der Waals surface area contributed by atoms with E-state index < -0.39 is 0 Å². The van der Waals surface area contributed by atoms with Crippen LogP contribution in [-0.2, 0) is 4.74 Å². The highest BCUT2D eigenvalue weighted by molar-refractivity contribution is 7.98. The number of rotatable bonds is 4. The zero-order valence-electron chi connectivity index (χ0n) is 11.7. The Balaban J connectivity index is 2.57. The van der Waals surface area contributed by atoms with Gasteiger partial charge in [0.1, 0.15) is 5.75 Å². The minimum Gasteiger partial charge on any atom is -0.497 e. The third kappa shape index (κ3) is 2.96. The SMILES string of the molecule is COC(=O)c1cc(SC)ccc1-c1cccc(OC)c1. The molecule has 0 fully saturated rings. The summed E-state index contributed by atoms with van der Waals surface area (Å²) >= 11 is 1.59. The van der Waals surface area contributed by atoms with Gasteiger partial charge >= 0.3 is 5.97 Å². The summed E-state index contributed by atoms with van der Waals surface area (Å²) in [6, 6.07) is 13.4. The van der Waals surface area contributed by atoms with Crippen LogP contribution in [0, 0.1) is 0 Å². The first-order valence-electron chi connectivity index (χ1n) is 6.10. The Morgan fingerprint density at radius 3 is 2.55 bits per heavy atom. The van der Waals surface area contributed by atoms with Gasteiger partial charge in [0.2, 0.25) is 0 Å². The van der Waals surface area contributed by atoms with Crippen LogP contribution in [0.2, 0.25) is 0 Å². The Hall–Kier alpha value is -1.94. The molecule has 0 aliphatic carbocycles. The van der Waals surface area contributed by atoms with Crippen LogP contribution in [-0.4, -0.2) is 26.4 Å². The number of esters is 1. The van der Waals surface area contributed by atoms with E-state index in [9.17, 15) is 4.79 Å². The summed E-state index contributed by atoms with van der Waals surface area (Å²) in [6.45, 7) is 0. The molecule has 2 aromatic carbocycles. The van der Waals surface area contributed by atoms with Gasteiger partial charge in [-0.2, -0.15) is 0 Å². The first kappa shape index (κ1) is 14.5. The number of benzene rings is 2. The minimum atomic E-state index is -0.335. The molecule has 0 atom stereocenters. The number of carbonyl (C=O) groups is 1. The molecule has 0 aliphatic rings. The molecule has 104 valence electrons. The topological polar surface area (TPSA) is 35.5 Å². The smallest absolute Gasteiger partial charge is 0.338 e. The molecule has 0 N–H and O–H groups in total. The maximum Gasteiger partial charge on any atom is 0.338 e. The Kier molecular flexibility index (Phi) is 4.69. The maximum atomic E-state index is 12.0. The van der Waals surface area contributed by atoms with Gasteiger partial charge in [-0.1, -0.05) is 18.2 Å². The van der Waals surface area contributed by atoms with E-state index in [4.69, 9.17) is 9.47 Å². The minimum absolute atomic E-state index is 0.335. The number of hydrogen-bond donors (Lipinski definition) is 0. The standard InChI is InChI=1S/C16H16O3S/c1-18-12-6-4-5-11(9-12)14-8-7-13(20-3)10-15(14)16(17)19-2/h4-10H,1-3H3. The zero-order chi connectivity index (χ0) is 14.5. The van der Waals surface area contributed by atoms with Gasteiger partial charge in [-0.15, -0.1) is 11.8 Å². The normalized spacial score (nSPS) is 10.2. The fourth-order valence-corrected chi connectivity index (χ4v) is 2.41. The van der Waals surface area contributed by atoms with E-state index >= 15 is 0 Å². The Bertz CT molecular complexity index is 623. The van der Waals surface area contributed by atoms with Gasteiger partial charge < -0.3 is 9.47 Å². The lowest BCUT2D eigenvalue weighted by molar-refractivity contribution is 0.0601. The molecule has 2 rings (SSSR count). The molecule has 0 spiro atoms. The van der Waals surface area contributed by atoms with Crippen LogP contribution >= 0.6 is 11.8 Å². The first-order valence-corrected chi connectivity index (χ1v) is 7.33. The third-order valence-corrected chi connectivity index (χ3v) is 3.74. The highest BCUT2D eigenvalue weighted by Crippen LogP contribution is 2.30. The van der Waals surface area contributed by atoms with E-state index in [0.29, 0.717) is 5.56 Å². The Morgan fingerprint density at radius 1 is 1.10 bits per heavy atom. The van der Waals surface area contributed by atoms with E-state index in [0.717, 1.165) is 21.8 Å². The van der Waals surface area contributed by atoms with Crippen LogP contribution in [0.5, 0.6) is 5.75 Å². The molecule has 0 aromatic heterocycles. The quantitative estimate of drug-likeness (QED) is 0.632. The van der Waals surface area contributed by atoms with Crippen molar-refractivity contribution in [3.05, 3.63) is 48.0 Å². The van der Waals surface area contributed by atoms with E-state index in [1.165, 1.54) is 7.11 Å². The molecule has 4 heteroatoms. The zero-order valence-corrected chi connectivity index (χ0v) is 12.5. The van der Waals surface area contributed by atoms with Gasteiger partial charge in [0, 0.05) is 4.90 Å². The van der Waals surface area contributed by atoms with Gasteiger partial charge in [-0.05, 0) is 41.6 Å². The van der Waals surface area contributed by atoms with Crippen molar-refractivity contribution in [3.8, 4) is 16.9 Å². The van der Waals surface area contributed by atoms with Gasteiger partial charge in [-0.25, -0.2) is 4.79 Å². The van der Waals surface area contributed by atoms with Gasteiger partial charge in [0.05, 0.1) is 19.8 Å². The van der Waals surface area contributed by atoms with Crippen LogP contribution in [0.3, 0.4) is 0 Å². The summed E-state index contributed by atoms with van der Waals surface area (Å²) in [4.78, 5) is 13.0. The van der Waals surface area contributed by atoms with E-state index in [-0.39, 0.29) is 5.97 Å². The van der Waals surface area contributed by atoms with Crippen molar-refractivity contribution in [2.45, 2.75) is 4.90 Å². The largest absolute Gasteiger partial charge is 0.497 e. The summed E-state index contributed by atoms with van der Waals surface area (Å²) in [5, 5.41) is 0. The predicted octanol–water partition coefficient (Wildman–Crippen LogP) is 3.87. The van der Waals surface area contributed by atoms with Gasteiger partial charge in [-0.3, -0.25) is 0 Å². The molecular weight excluding hydrogens is 272 g/mol. The van der Waals surface area contributed by atoms with Crippen molar-refractivity contribution in [3.63, 3.8) is 0 Å². The average molecular weight is 288 g/mol. The highest BCUT2D eigenvalue weighted by atomic mass is 32.2. The molecule has 2 aromatic rings. The lowest BCUT2D eigenvalue weighted by atomic mass is 9.99. The first-order chi connectivity index (χ1) is 9.69. The molecule has 20 heavy (non-hydrogen) atoms. The number of methoxy groups -OCH3 is 2. The molecule has 0 bridgehead atoms. The molecular formula is C16H16O3S. The van der Waals surface area contributed by atoms with Crippen molar-refractivity contribution >= 4 is 17.7 Å². The lowest BCUT2D eigenvalue weighted by Crippen LogP contribution is -2.04. The second kappa shape index (κ2) is 6.48. The molecule has 0 unspecified atom stereocenters. The molecule has 0 saturated heterocycles. The fourth-order valence-electron chi connectivity index (χ4n) is 1.97. The maximum absolute atomic E-state index is 12.0. The third-order valence-electron chi connectivity index (χ3n) is 3.01. The van der Waals surface area contributed by atoms with Crippen LogP contribution in [0.25, 0.3) is 11.1 Å². The predicted molar refractivity (Wildman–Crippen MR) is 81.6 cm³/mol. The molecule has 0 aliphatic heterocycles. The number of thioether (sulfide) groups is 1. The van der Waals surface area contributed by atoms with Crippen LogP contribution < -0.4 is 4.74 Å². The number of carbonyl (C=O) groups excluding carboxylic acids is 1. The molecule has 0 amide bonds. The van der Waals surface area contributed by atoms with Crippen LogP contribution in [0.1, 0.15) is 10.4 Å². The van der Waals surface area contributed by atoms with Crippen molar-refractivity contribution in [1.82, 2.24) is 0 Å². The van der Waals surface area contributed by atoms with Crippen molar-refractivity contribution < 1.29 is 14.3 Å². The number of hydrogen-bond acceptors (Lipinski definition) is 4. The summed E-state index contributed by atoms with van der Waals surface area (Å²) in [6.07, 6.45) is 1.97. The summed E-state index contributed by atoms with van der Waals surface area (Å²) < 4.78 is 10.1. The molecule has 0 radical (unpaired) electrons. The molecule has 0 saturated carbocycles. The van der Waals surface area contributed by atoms with E-state index in [1.807, 2.05) is 48.7 Å². The monoisotopic (exact) mass is 288 g/mol. The summed E-state index contributed by atoms with van der Waals surface area (Å²) in [5.74, 6) is 0.422. The van der Waals surface area contributed by atoms with Crippen LogP contribution in [0.4, 0.5) is 0 Å². The lowest BCUT2D eigenvalue weighted by Gasteiger charge is -2.11. The Morgan fingerprint density at radius 2 is 1.90 bits per heavy atom. The van der Waals surface area contributed by atoms with Gasteiger partial charge in [0.25, 0.3) is 0 Å². The average Bonchev–Trinajstić information content (AvgIpc) is 2.53. The van der Waals surface area contributed by atoms with Crippen molar-refractivity contribution in [2.75, 3.05) is 20.5 Å². The summed E-state index contributed by atoms with van der Waals surface area (Å²) in [7, 11) is 3.01. The van der Waals surface area contributed by atoms with Crippen molar-refractivity contribution in [1.29, 1.82) is 0 Å². The highest BCUT2D eigenvalue weighted by Gasteiger charge is 2.14. The second-order valence-electron chi connectivity index (χ2n) is 4.14. The van der Waals surface area contributed by atoms with Crippen LogP contribution in [0.15, 0.2) is 47.4 Å². The molecule has 3 nitrogen and oxygen atoms in total. The summed E-state index contributed by atoms with van der Waals surface area (Å²) in [5.41, 5.74) is 2.33. The van der Waals surface area contributed by atoms with Crippen molar-refractivity contribution in [2.24, 2.45) is 0 Å². The van der Waals surface area contributed by atoms with Gasteiger partial charge in [0.15, 0.2) is 0 Å². The second-order valence-corrected chi connectivity index (χ2v) is 5.01.